The fourth-order valence-corrected chi connectivity index (χ4v) is 2.81. The molecule has 6 N–H and O–H groups in total. The fourth-order valence-electron chi connectivity index (χ4n) is 1.32. The van der Waals surface area contributed by atoms with Gasteiger partial charge >= 0.3 is 44.7 Å². The number of nitrogens with one attached hydrogen (secondary N) is 1. The van der Waals surface area contributed by atoms with E-state index in [1.807, 2.05) is 6.92 Å². The summed E-state index contributed by atoms with van der Waals surface area (Å²) in [4.78, 5) is 35.4. The van der Waals surface area contributed by atoms with E-state index in [0.29, 0.717) is 13.0 Å². The predicted octanol–water partition coefficient (Wildman–Crippen LogP) is -2.73. The third-order valence-electron chi connectivity index (χ3n) is 2.39. The molecule has 0 aromatic rings. The number of aliphatic hydroxyl groups is 1. The smallest absolute Gasteiger partial charge is 1.00 e. The van der Waals surface area contributed by atoms with Gasteiger partial charge in [-0.1, -0.05) is 19.8 Å². The average molecular weight is 329 g/mol. The first-order valence-corrected chi connectivity index (χ1v) is 8.97. The van der Waals surface area contributed by atoms with Crippen LogP contribution in [0.1, 0.15) is 34.0 Å². The standard InChI is InChI=1S/C8H21NO7P2.Na.H/c1-2-3-4-5-9-7(17(11,12)13)6-8(10)18(14,15)16;;/h7-10H,2-6H2,1H3,(H2,11,12,13)(H2,14,15,16);;/q;+1;-1. The summed E-state index contributed by atoms with van der Waals surface area (Å²) in [5.74, 6) is -3.52. The van der Waals surface area contributed by atoms with Crippen molar-refractivity contribution >= 4 is 15.2 Å². The zero-order valence-electron chi connectivity index (χ0n) is 12.1. The molecular formula is C8H22NNaO7P2. The monoisotopic (exact) mass is 329 g/mol. The summed E-state index contributed by atoms with van der Waals surface area (Å²) in [6, 6.07) is 0. The summed E-state index contributed by atoms with van der Waals surface area (Å²) in [7, 11) is -9.32. The van der Waals surface area contributed by atoms with Crippen LogP contribution in [-0.2, 0) is 9.13 Å². The summed E-state index contributed by atoms with van der Waals surface area (Å²) in [6.07, 6.45) is 1.81. The second-order valence-corrected chi connectivity index (χ2v) is 7.65. The van der Waals surface area contributed by atoms with Gasteiger partial charge in [-0.2, -0.15) is 0 Å². The Hall–Kier alpha value is 1.22. The van der Waals surface area contributed by atoms with E-state index < -0.39 is 33.2 Å². The van der Waals surface area contributed by atoms with Crippen LogP contribution in [0.5, 0.6) is 0 Å². The second-order valence-electron chi connectivity index (χ2n) is 4.07. The first-order valence-electron chi connectivity index (χ1n) is 5.61. The molecule has 0 saturated heterocycles. The van der Waals surface area contributed by atoms with Crippen molar-refractivity contribution in [1.29, 1.82) is 0 Å². The summed E-state index contributed by atoms with van der Waals surface area (Å²) in [6.45, 7) is 2.29. The Morgan fingerprint density at radius 3 is 2.00 bits per heavy atom. The largest absolute Gasteiger partial charge is 1.00 e. The Bertz CT molecular complexity index is 337. The van der Waals surface area contributed by atoms with Gasteiger partial charge in [0.25, 0.3) is 0 Å². The summed E-state index contributed by atoms with van der Waals surface area (Å²) in [5.41, 5.74) is 0. The van der Waals surface area contributed by atoms with Gasteiger partial charge in [0.2, 0.25) is 0 Å². The van der Waals surface area contributed by atoms with Gasteiger partial charge in [-0.05, 0) is 13.0 Å². The van der Waals surface area contributed by atoms with Crippen LogP contribution in [0.4, 0.5) is 0 Å². The Morgan fingerprint density at radius 2 is 1.63 bits per heavy atom. The van der Waals surface area contributed by atoms with Crippen molar-refractivity contribution in [3.05, 3.63) is 0 Å². The van der Waals surface area contributed by atoms with E-state index in [0.717, 1.165) is 12.8 Å². The van der Waals surface area contributed by atoms with Crippen molar-refractivity contribution in [2.75, 3.05) is 6.54 Å². The minimum absolute atomic E-state index is 0. The van der Waals surface area contributed by atoms with Crippen molar-refractivity contribution in [2.24, 2.45) is 0 Å². The van der Waals surface area contributed by atoms with Gasteiger partial charge in [0, 0.05) is 6.42 Å². The molecule has 0 aromatic carbocycles. The van der Waals surface area contributed by atoms with Gasteiger partial charge in [0.15, 0.2) is 5.85 Å². The number of rotatable bonds is 9. The SMILES string of the molecule is CCCCCNC(CC(O)P(=O)(O)O)P(=O)(O)O.[H-].[Na+]. The molecule has 0 amide bonds. The molecule has 8 nitrogen and oxygen atoms in total. The van der Waals surface area contributed by atoms with E-state index >= 15 is 0 Å². The quantitative estimate of drug-likeness (QED) is 0.152. The van der Waals surface area contributed by atoms with Crippen LogP contribution in [0, 0.1) is 0 Å². The topological polar surface area (TPSA) is 147 Å². The molecule has 0 rings (SSSR count). The van der Waals surface area contributed by atoms with E-state index in [9.17, 15) is 14.2 Å². The molecule has 0 aliphatic heterocycles. The zero-order valence-corrected chi connectivity index (χ0v) is 14.9. The molecule has 19 heavy (non-hydrogen) atoms. The van der Waals surface area contributed by atoms with Crippen LogP contribution in [0.3, 0.4) is 0 Å². The van der Waals surface area contributed by atoms with Gasteiger partial charge in [0.1, 0.15) is 5.78 Å². The van der Waals surface area contributed by atoms with Crippen molar-refractivity contribution in [3.8, 4) is 0 Å². The van der Waals surface area contributed by atoms with E-state index in [-0.39, 0.29) is 31.0 Å². The van der Waals surface area contributed by atoms with Crippen molar-refractivity contribution in [1.82, 2.24) is 5.32 Å². The number of hydrogen-bond donors (Lipinski definition) is 6. The number of hydrogen-bond acceptors (Lipinski definition) is 4. The summed E-state index contributed by atoms with van der Waals surface area (Å²) in [5, 5.41) is 11.7. The molecule has 0 aliphatic rings. The fraction of sp³-hybridized carbons (Fsp3) is 1.00. The Kier molecular flexibility index (Phi) is 11.9. The maximum atomic E-state index is 11.1. The first kappa shape index (κ1) is 22.5. The van der Waals surface area contributed by atoms with Crippen LogP contribution in [0.2, 0.25) is 0 Å². The van der Waals surface area contributed by atoms with E-state index in [1.165, 1.54) is 0 Å². The van der Waals surface area contributed by atoms with Gasteiger partial charge < -0.3 is 31.4 Å². The molecule has 0 bridgehead atoms. The van der Waals surface area contributed by atoms with Gasteiger partial charge in [0.05, 0.1) is 0 Å². The predicted molar refractivity (Wildman–Crippen MR) is 67.1 cm³/mol. The molecule has 2 unspecified atom stereocenters. The van der Waals surface area contributed by atoms with Crippen LogP contribution in [-0.4, -0.2) is 42.9 Å². The molecule has 11 heteroatoms. The van der Waals surface area contributed by atoms with E-state index in [1.54, 1.807) is 0 Å². The Balaban J connectivity index is -0.00000144. The zero-order chi connectivity index (χ0) is 14.4. The normalized spacial score (nSPS) is 15.7. The molecule has 2 atom stereocenters. The molecular weight excluding hydrogens is 307 g/mol. The number of aliphatic hydroxyl groups excluding tert-OH is 1. The molecule has 0 heterocycles. The Labute approximate surface area is 136 Å². The number of unbranched alkanes of at least 4 members (excludes halogenated alkanes) is 2. The third kappa shape index (κ3) is 10.6. The summed E-state index contributed by atoms with van der Waals surface area (Å²) < 4.78 is 21.9. The van der Waals surface area contributed by atoms with Crippen molar-refractivity contribution < 1.29 is 64.8 Å². The van der Waals surface area contributed by atoms with Gasteiger partial charge in [-0.3, -0.25) is 9.13 Å². The second kappa shape index (κ2) is 10.0. The van der Waals surface area contributed by atoms with Gasteiger partial charge in [-0.25, -0.2) is 0 Å². The molecule has 0 aliphatic carbocycles. The van der Waals surface area contributed by atoms with Crippen LogP contribution >= 0.6 is 15.2 Å². The summed E-state index contributed by atoms with van der Waals surface area (Å²) >= 11 is 0. The average Bonchev–Trinajstić information content (AvgIpc) is 2.19. The van der Waals surface area contributed by atoms with Crippen molar-refractivity contribution in [3.63, 3.8) is 0 Å². The molecule has 0 aromatic heterocycles. The molecule has 112 valence electrons. The maximum absolute atomic E-state index is 11.1. The van der Waals surface area contributed by atoms with Crippen LogP contribution in [0.25, 0.3) is 0 Å². The minimum Gasteiger partial charge on any atom is -1.00 e. The van der Waals surface area contributed by atoms with E-state index in [2.05, 4.69) is 5.32 Å². The third-order valence-corrected chi connectivity index (χ3v) is 4.58. The van der Waals surface area contributed by atoms with Gasteiger partial charge in [-0.15, -0.1) is 0 Å². The van der Waals surface area contributed by atoms with Crippen LogP contribution < -0.4 is 34.9 Å². The molecule has 0 radical (unpaired) electrons. The van der Waals surface area contributed by atoms with Crippen LogP contribution in [0.15, 0.2) is 0 Å². The first-order chi connectivity index (χ1) is 8.09. The van der Waals surface area contributed by atoms with Crippen molar-refractivity contribution in [2.45, 2.75) is 44.2 Å². The minimum atomic E-state index is -4.75. The molecule has 0 fully saturated rings. The molecule has 0 spiro atoms. The molecule has 0 saturated carbocycles. The van der Waals surface area contributed by atoms with E-state index in [4.69, 9.17) is 19.6 Å². The maximum Gasteiger partial charge on any atom is 1.00 e. The Morgan fingerprint density at radius 1 is 1.11 bits per heavy atom.